The fourth-order valence-electron chi connectivity index (χ4n) is 3.94. The Balaban J connectivity index is 2.12. The van der Waals surface area contributed by atoms with Gasteiger partial charge in [-0.1, -0.05) is 52.3 Å². The molecule has 0 radical (unpaired) electrons. The molecule has 0 bridgehead atoms. The van der Waals surface area contributed by atoms with Crippen LogP contribution in [0.4, 0.5) is 0 Å². The van der Waals surface area contributed by atoms with E-state index in [0.29, 0.717) is 43.8 Å². The molecule has 0 saturated carbocycles. The van der Waals surface area contributed by atoms with Crippen molar-refractivity contribution in [2.45, 2.75) is 79.8 Å². The molecule has 6 heteroatoms. The molecule has 1 aromatic carbocycles. The second kappa shape index (κ2) is 11.0. The minimum absolute atomic E-state index is 0.00863. The predicted molar refractivity (Wildman–Crippen MR) is 128 cm³/mol. The average molecular weight is 444 g/mol. The van der Waals surface area contributed by atoms with Crippen LogP contribution in [0, 0.1) is 24.2 Å². The maximum Gasteiger partial charge on any atom is 0.251 e. The standard InChI is InChI=1S/C26H41N3O3/c1-17(2)19(4)27-25(32)23(28-24(31)21-10-8-9-18(3)15-21)20-11-13-29(14-12-20)22(30)16-26(5,6)7/h8-10,15,17,19-20,23H,11-14,16H2,1-7H3,(H,27,32)(H,28,31)/t19-,23+/m0/s1. The number of carbonyl (C=O) groups excluding carboxylic acids is 3. The molecule has 178 valence electrons. The third kappa shape index (κ3) is 7.64. The molecule has 3 amide bonds. The number of rotatable bonds is 7. The van der Waals surface area contributed by atoms with Crippen molar-refractivity contribution in [3.05, 3.63) is 35.4 Å². The number of likely N-dealkylation sites (tertiary alicyclic amines) is 1. The van der Waals surface area contributed by atoms with Gasteiger partial charge in [-0.15, -0.1) is 0 Å². The van der Waals surface area contributed by atoms with Crippen LogP contribution in [0.2, 0.25) is 0 Å². The van der Waals surface area contributed by atoms with Crippen LogP contribution in [-0.4, -0.2) is 47.8 Å². The molecule has 0 aliphatic carbocycles. The lowest BCUT2D eigenvalue weighted by Gasteiger charge is -2.37. The fraction of sp³-hybridized carbons (Fsp3) is 0.654. The zero-order chi connectivity index (χ0) is 24.1. The second-order valence-corrected chi connectivity index (χ2v) is 10.8. The molecule has 1 aliphatic heterocycles. The Morgan fingerprint density at radius 1 is 1.06 bits per heavy atom. The maximum atomic E-state index is 13.2. The lowest BCUT2D eigenvalue weighted by molar-refractivity contribution is -0.134. The lowest BCUT2D eigenvalue weighted by Crippen LogP contribution is -2.55. The summed E-state index contributed by atoms with van der Waals surface area (Å²) in [6.07, 6.45) is 1.90. The van der Waals surface area contributed by atoms with Crippen LogP contribution >= 0.6 is 0 Å². The van der Waals surface area contributed by atoms with Crippen molar-refractivity contribution in [3.8, 4) is 0 Å². The molecular weight excluding hydrogens is 402 g/mol. The van der Waals surface area contributed by atoms with Crippen LogP contribution in [0.25, 0.3) is 0 Å². The van der Waals surface area contributed by atoms with Gasteiger partial charge >= 0.3 is 0 Å². The van der Waals surface area contributed by atoms with Crippen molar-refractivity contribution >= 4 is 17.7 Å². The quantitative estimate of drug-likeness (QED) is 0.670. The smallest absolute Gasteiger partial charge is 0.251 e. The number of hydrogen-bond donors (Lipinski definition) is 2. The molecule has 6 nitrogen and oxygen atoms in total. The van der Waals surface area contributed by atoms with E-state index in [1.54, 1.807) is 6.07 Å². The summed E-state index contributed by atoms with van der Waals surface area (Å²) in [6.45, 7) is 15.5. The average Bonchev–Trinajstić information content (AvgIpc) is 2.70. The normalized spacial score (nSPS) is 17.1. The van der Waals surface area contributed by atoms with E-state index in [4.69, 9.17) is 0 Å². The highest BCUT2D eigenvalue weighted by molar-refractivity contribution is 5.97. The van der Waals surface area contributed by atoms with E-state index in [-0.39, 0.29) is 35.1 Å². The highest BCUT2D eigenvalue weighted by Crippen LogP contribution is 2.25. The summed E-state index contributed by atoms with van der Waals surface area (Å²) in [7, 11) is 0. The fourth-order valence-corrected chi connectivity index (χ4v) is 3.94. The Hall–Kier alpha value is -2.37. The first kappa shape index (κ1) is 25.9. The zero-order valence-electron chi connectivity index (χ0n) is 20.8. The maximum absolute atomic E-state index is 13.2. The van der Waals surface area contributed by atoms with Crippen LogP contribution in [-0.2, 0) is 9.59 Å². The molecule has 2 atom stereocenters. The first-order chi connectivity index (χ1) is 14.9. The summed E-state index contributed by atoms with van der Waals surface area (Å²) < 4.78 is 0. The van der Waals surface area contributed by atoms with E-state index >= 15 is 0 Å². The Labute approximate surface area is 193 Å². The minimum atomic E-state index is -0.621. The number of piperidine rings is 1. The summed E-state index contributed by atoms with van der Waals surface area (Å²) in [6, 6.07) is 6.77. The first-order valence-corrected chi connectivity index (χ1v) is 11.8. The van der Waals surface area contributed by atoms with Gasteiger partial charge in [-0.25, -0.2) is 0 Å². The van der Waals surface area contributed by atoms with Crippen LogP contribution in [0.15, 0.2) is 24.3 Å². The number of nitrogens with one attached hydrogen (secondary N) is 2. The van der Waals surface area contributed by atoms with E-state index in [1.165, 1.54) is 0 Å². The molecule has 1 saturated heterocycles. The SMILES string of the molecule is Cc1cccc(C(=O)N[C@@H](C(=O)N[C@@H](C)C(C)C)C2CCN(C(=O)CC(C)(C)C)CC2)c1. The summed E-state index contributed by atoms with van der Waals surface area (Å²) in [5.74, 6) is 0.0592. The van der Waals surface area contributed by atoms with Crippen LogP contribution < -0.4 is 10.6 Å². The van der Waals surface area contributed by atoms with Crippen LogP contribution in [0.3, 0.4) is 0 Å². The molecule has 1 fully saturated rings. The summed E-state index contributed by atoms with van der Waals surface area (Å²) >= 11 is 0. The van der Waals surface area contributed by atoms with E-state index < -0.39 is 6.04 Å². The van der Waals surface area contributed by atoms with Crippen molar-refractivity contribution in [2.24, 2.45) is 17.3 Å². The van der Waals surface area contributed by atoms with Gasteiger partial charge < -0.3 is 15.5 Å². The number of carbonyl (C=O) groups is 3. The molecular formula is C26H41N3O3. The molecule has 0 spiro atoms. The zero-order valence-corrected chi connectivity index (χ0v) is 20.8. The van der Waals surface area contributed by atoms with Gasteiger partial charge in [-0.05, 0) is 56.1 Å². The number of benzene rings is 1. The van der Waals surface area contributed by atoms with Gasteiger partial charge in [0, 0.05) is 31.1 Å². The van der Waals surface area contributed by atoms with Gasteiger partial charge in [0.2, 0.25) is 11.8 Å². The Kier molecular flexibility index (Phi) is 8.88. The van der Waals surface area contributed by atoms with Crippen molar-refractivity contribution in [3.63, 3.8) is 0 Å². The number of amides is 3. The molecule has 1 aromatic rings. The predicted octanol–water partition coefficient (Wildman–Crippen LogP) is 3.93. The highest BCUT2D eigenvalue weighted by atomic mass is 16.2. The number of hydrogen-bond acceptors (Lipinski definition) is 3. The molecule has 1 heterocycles. The Morgan fingerprint density at radius 3 is 2.22 bits per heavy atom. The van der Waals surface area contributed by atoms with Gasteiger partial charge in [-0.3, -0.25) is 14.4 Å². The van der Waals surface area contributed by atoms with Gasteiger partial charge in [-0.2, -0.15) is 0 Å². The topological polar surface area (TPSA) is 78.5 Å². The lowest BCUT2D eigenvalue weighted by atomic mass is 9.86. The van der Waals surface area contributed by atoms with Gasteiger partial charge in [0.15, 0.2) is 0 Å². The van der Waals surface area contributed by atoms with Crippen molar-refractivity contribution in [1.29, 1.82) is 0 Å². The Bertz CT molecular complexity index is 805. The third-order valence-electron chi connectivity index (χ3n) is 6.26. The van der Waals surface area contributed by atoms with Crippen LogP contribution in [0.1, 0.15) is 76.7 Å². The molecule has 1 aliphatic rings. The molecule has 2 rings (SSSR count). The highest BCUT2D eigenvalue weighted by Gasteiger charge is 2.35. The summed E-state index contributed by atoms with van der Waals surface area (Å²) in [4.78, 5) is 40.7. The Morgan fingerprint density at radius 2 is 1.69 bits per heavy atom. The van der Waals surface area contributed by atoms with Gasteiger partial charge in [0.1, 0.15) is 6.04 Å². The number of nitrogens with zero attached hydrogens (tertiary/aromatic N) is 1. The van der Waals surface area contributed by atoms with Crippen molar-refractivity contribution < 1.29 is 14.4 Å². The third-order valence-corrected chi connectivity index (χ3v) is 6.26. The van der Waals surface area contributed by atoms with Gasteiger partial charge in [0.25, 0.3) is 5.91 Å². The van der Waals surface area contributed by atoms with Crippen LogP contribution in [0.5, 0.6) is 0 Å². The van der Waals surface area contributed by atoms with E-state index in [9.17, 15) is 14.4 Å². The van der Waals surface area contributed by atoms with Crippen molar-refractivity contribution in [2.75, 3.05) is 13.1 Å². The monoisotopic (exact) mass is 443 g/mol. The molecule has 2 N–H and O–H groups in total. The largest absolute Gasteiger partial charge is 0.352 e. The molecule has 0 unspecified atom stereocenters. The van der Waals surface area contributed by atoms with E-state index in [0.717, 1.165) is 5.56 Å². The van der Waals surface area contributed by atoms with E-state index in [1.807, 2.05) is 36.9 Å². The molecule has 0 aromatic heterocycles. The van der Waals surface area contributed by atoms with Gasteiger partial charge in [0.05, 0.1) is 0 Å². The molecule has 32 heavy (non-hydrogen) atoms. The first-order valence-electron chi connectivity index (χ1n) is 11.8. The van der Waals surface area contributed by atoms with E-state index in [2.05, 4.69) is 45.3 Å². The summed E-state index contributed by atoms with van der Waals surface area (Å²) in [5, 5.41) is 6.08. The summed E-state index contributed by atoms with van der Waals surface area (Å²) in [5.41, 5.74) is 1.50. The minimum Gasteiger partial charge on any atom is -0.352 e. The number of aryl methyl sites for hydroxylation is 1. The van der Waals surface area contributed by atoms with Crippen molar-refractivity contribution in [1.82, 2.24) is 15.5 Å². The second-order valence-electron chi connectivity index (χ2n) is 10.8.